The highest BCUT2D eigenvalue weighted by Crippen LogP contribution is 2.27. The van der Waals surface area contributed by atoms with E-state index in [2.05, 4.69) is 4.98 Å². The number of hydrogen-bond acceptors (Lipinski definition) is 2. The zero-order valence-electron chi connectivity index (χ0n) is 7.96. The number of phenols is 1. The quantitative estimate of drug-likeness (QED) is 0.690. The van der Waals surface area contributed by atoms with Gasteiger partial charge in [-0.2, -0.15) is 0 Å². The lowest BCUT2D eigenvalue weighted by Crippen LogP contribution is -1.99. The Labute approximate surface area is 82.6 Å². The predicted octanol–water partition coefficient (Wildman–Crippen LogP) is 1.76. The number of aromatic nitrogens is 1. The highest BCUT2D eigenvalue weighted by atomic mass is 16.3. The Hall–Kier alpha value is -1.48. The van der Waals surface area contributed by atoms with Gasteiger partial charge in [-0.05, 0) is 37.1 Å². The number of benzene rings is 1. The molecule has 0 aliphatic heterocycles. The van der Waals surface area contributed by atoms with Crippen LogP contribution in [0.4, 0.5) is 0 Å². The Morgan fingerprint density at radius 1 is 1.36 bits per heavy atom. The molecule has 74 valence electrons. The fraction of sp³-hybridized carbons (Fsp3) is 0.273. The molecule has 0 unspecified atom stereocenters. The summed E-state index contributed by atoms with van der Waals surface area (Å²) in [5.41, 5.74) is 7.58. The normalized spacial score (nSPS) is 10.9. The minimum Gasteiger partial charge on any atom is -0.507 e. The summed E-state index contributed by atoms with van der Waals surface area (Å²) in [6.45, 7) is 0.681. The summed E-state index contributed by atoms with van der Waals surface area (Å²) in [7, 11) is 0. The largest absolute Gasteiger partial charge is 0.507 e. The van der Waals surface area contributed by atoms with Crippen LogP contribution in [0, 0.1) is 0 Å². The number of rotatable bonds is 3. The number of aromatic hydroxyl groups is 1. The summed E-state index contributed by atoms with van der Waals surface area (Å²) in [6.07, 6.45) is 3.80. The maximum absolute atomic E-state index is 9.69. The van der Waals surface area contributed by atoms with Gasteiger partial charge >= 0.3 is 0 Å². The number of hydrogen-bond donors (Lipinski definition) is 3. The van der Waals surface area contributed by atoms with Crippen LogP contribution >= 0.6 is 0 Å². The molecule has 0 bridgehead atoms. The molecular formula is C11H14N2O. The summed E-state index contributed by atoms with van der Waals surface area (Å²) in [6, 6.07) is 5.50. The first kappa shape index (κ1) is 9.09. The van der Waals surface area contributed by atoms with E-state index in [-0.39, 0.29) is 0 Å². The van der Waals surface area contributed by atoms with Gasteiger partial charge in [0.2, 0.25) is 0 Å². The minimum atomic E-state index is 0.343. The third-order valence-electron chi connectivity index (χ3n) is 2.42. The van der Waals surface area contributed by atoms with Crippen molar-refractivity contribution < 1.29 is 5.11 Å². The molecule has 1 heterocycles. The summed E-state index contributed by atoms with van der Waals surface area (Å²) >= 11 is 0. The fourth-order valence-electron chi connectivity index (χ4n) is 1.72. The molecule has 3 nitrogen and oxygen atoms in total. The van der Waals surface area contributed by atoms with Gasteiger partial charge in [-0.1, -0.05) is 6.07 Å². The van der Waals surface area contributed by atoms with Crippen molar-refractivity contribution in [3.63, 3.8) is 0 Å². The molecule has 0 aliphatic rings. The Morgan fingerprint density at radius 3 is 3.00 bits per heavy atom. The molecule has 1 aromatic carbocycles. The average molecular weight is 190 g/mol. The molecule has 0 spiro atoms. The Bertz CT molecular complexity index is 434. The molecule has 0 saturated heterocycles. The standard InChI is InChI=1S/C11H14N2O/c12-6-2-3-8-7-13-9-4-1-5-10(14)11(8)9/h1,4-5,7,13-14H,2-3,6,12H2. The molecule has 0 atom stereocenters. The van der Waals surface area contributed by atoms with Crippen molar-refractivity contribution in [1.82, 2.24) is 4.98 Å². The van der Waals surface area contributed by atoms with Crippen molar-refractivity contribution in [3.05, 3.63) is 30.0 Å². The zero-order chi connectivity index (χ0) is 9.97. The second-order valence-electron chi connectivity index (χ2n) is 3.41. The van der Waals surface area contributed by atoms with Crippen LogP contribution in [0.25, 0.3) is 10.9 Å². The van der Waals surface area contributed by atoms with Crippen molar-refractivity contribution in [3.8, 4) is 5.75 Å². The molecule has 2 rings (SSSR count). The summed E-state index contributed by atoms with van der Waals surface area (Å²) in [4.78, 5) is 3.14. The topological polar surface area (TPSA) is 62.0 Å². The number of nitrogens with two attached hydrogens (primary N) is 1. The van der Waals surface area contributed by atoms with E-state index in [4.69, 9.17) is 5.73 Å². The number of phenolic OH excluding ortho intramolecular Hbond substituents is 1. The lowest BCUT2D eigenvalue weighted by molar-refractivity contribution is 0.481. The predicted molar refractivity (Wildman–Crippen MR) is 57.3 cm³/mol. The van der Waals surface area contributed by atoms with Gasteiger partial charge in [0.15, 0.2) is 0 Å². The summed E-state index contributed by atoms with van der Waals surface area (Å²) < 4.78 is 0. The van der Waals surface area contributed by atoms with Gasteiger partial charge in [-0.3, -0.25) is 0 Å². The third-order valence-corrected chi connectivity index (χ3v) is 2.42. The van der Waals surface area contributed by atoms with Crippen LogP contribution < -0.4 is 5.73 Å². The lowest BCUT2D eigenvalue weighted by atomic mass is 10.1. The minimum absolute atomic E-state index is 0.343. The summed E-state index contributed by atoms with van der Waals surface area (Å²) in [5, 5.41) is 10.6. The smallest absolute Gasteiger partial charge is 0.125 e. The van der Waals surface area contributed by atoms with Crippen LogP contribution in [-0.4, -0.2) is 16.6 Å². The van der Waals surface area contributed by atoms with E-state index < -0.39 is 0 Å². The zero-order valence-corrected chi connectivity index (χ0v) is 7.96. The Morgan fingerprint density at radius 2 is 2.21 bits per heavy atom. The molecule has 0 saturated carbocycles. The van der Waals surface area contributed by atoms with E-state index >= 15 is 0 Å². The number of fused-ring (bicyclic) bond motifs is 1. The van der Waals surface area contributed by atoms with Gasteiger partial charge in [-0.25, -0.2) is 0 Å². The van der Waals surface area contributed by atoms with Crippen molar-refractivity contribution >= 4 is 10.9 Å². The van der Waals surface area contributed by atoms with Crippen molar-refractivity contribution in [1.29, 1.82) is 0 Å². The first-order valence-electron chi connectivity index (χ1n) is 4.81. The van der Waals surface area contributed by atoms with E-state index in [1.54, 1.807) is 6.07 Å². The maximum Gasteiger partial charge on any atom is 0.125 e. The van der Waals surface area contributed by atoms with E-state index in [1.165, 1.54) is 0 Å². The van der Waals surface area contributed by atoms with Crippen LogP contribution in [0.3, 0.4) is 0 Å². The van der Waals surface area contributed by atoms with Crippen LogP contribution in [0.5, 0.6) is 5.75 Å². The number of aryl methyl sites for hydroxylation is 1. The molecule has 0 fully saturated rings. The van der Waals surface area contributed by atoms with Crippen molar-refractivity contribution in [2.45, 2.75) is 12.8 Å². The first-order chi connectivity index (χ1) is 6.83. The van der Waals surface area contributed by atoms with Crippen LogP contribution in [0.2, 0.25) is 0 Å². The second-order valence-corrected chi connectivity index (χ2v) is 3.41. The van der Waals surface area contributed by atoms with Gasteiger partial charge in [0.1, 0.15) is 5.75 Å². The molecular weight excluding hydrogens is 176 g/mol. The molecule has 0 aliphatic carbocycles. The van der Waals surface area contributed by atoms with Crippen LogP contribution in [-0.2, 0) is 6.42 Å². The maximum atomic E-state index is 9.69. The first-order valence-corrected chi connectivity index (χ1v) is 4.81. The third kappa shape index (κ3) is 1.46. The van der Waals surface area contributed by atoms with Gasteiger partial charge in [0, 0.05) is 17.1 Å². The van der Waals surface area contributed by atoms with Gasteiger partial charge in [0.05, 0.1) is 0 Å². The van der Waals surface area contributed by atoms with Crippen LogP contribution in [0.15, 0.2) is 24.4 Å². The van der Waals surface area contributed by atoms with Crippen LogP contribution in [0.1, 0.15) is 12.0 Å². The fourth-order valence-corrected chi connectivity index (χ4v) is 1.72. The monoisotopic (exact) mass is 190 g/mol. The van der Waals surface area contributed by atoms with Gasteiger partial charge in [-0.15, -0.1) is 0 Å². The highest BCUT2D eigenvalue weighted by molar-refractivity contribution is 5.88. The number of nitrogens with one attached hydrogen (secondary N) is 1. The summed E-state index contributed by atoms with van der Waals surface area (Å²) in [5.74, 6) is 0.343. The molecule has 0 amide bonds. The van der Waals surface area contributed by atoms with E-state index in [0.717, 1.165) is 29.3 Å². The SMILES string of the molecule is NCCCc1c[nH]c2cccc(O)c12. The average Bonchev–Trinajstić information content (AvgIpc) is 2.59. The van der Waals surface area contributed by atoms with E-state index in [1.807, 2.05) is 18.3 Å². The second kappa shape index (κ2) is 3.72. The molecule has 1 aromatic heterocycles. The van der Waals surface area contributed by atoms with E-state index in [9.17, 15) is 5.11 Å². The van der Waals surface area contributed by atoms with E-state index in [0.29, 0.717) is 12.3 Å². The van der Waals surface area contributed by atoms with Crippen molar-refractivity contribution in [2.75, 3.05) is 6.54 Å². The molecule has 14 heavy (non-hydrogen) atoms. The highest BCUT2D eigenvalue weighted by Gasteiger charge is 2.06. The number of aromatic amines is 1. The van der Waals surface area contributed by atoms with Gasteiger partial charge in [0.25, 0.3) is 0 Å². The van der Waals surface area contributed by atoms with Gasteiger partial charge < -0.3 is 15.8 Å². The Balaban J connectivity index is 2.45. The number of H-pyrrole nitrogens is 1. The molecule has 2 aromatic rings. The molecule has 3 heteroatoms. The molecule has 0 radical (unpaired) electrons. The Kier molecular flexibility index (Phi) is 2.41. The molecule has 4 N–H and O–H groups in total. The van der Waals surface area contributed by atoms with Crippen molar-refractivity contribution in [2.24, 2.45) is 5.73 Å². The lowest BCUT2D eigenvalue weighted by Gasteiger charge is -1.99.